The molecule has 1 aromatic rings. The van der Waals surface area contributed by atoms with E-state index in [9.17, 15) is 0 Å². The van der Waals surface area contributed by atoms with E-state index in [1.54, 1.807) is 0 Å². The Kier molecular flexibility index (Phi) is 3.06. The molecule has 1 atom stereocenters. The van der Waals surface area contributed by atoms with Gasteiger partial charge in [-0.15, -0.1) is 0 Å². The molecule has 0 spiro atoms. The van der Waals surface area contributed by atoms with Gasteiger partial charge in [-0.3, -0.25) is 0 Å². The normalized spacial score (nSPS) is 24.6. The van der Waals surface area contributed by atoms with Crippen LogP contribution in [0.1, 0.15) is 51.0 Å². The number of hydrogen-bond donors (Lipinski definition) is 0. The Morgan fingerprint density at radius 3 is 3.00 bits per heavy atom. The van der Waals surface area contributed by atoms with Gasteiger partial charge in [0.25, 0.3) is 0 Å². The zero-order chi connectivity index (χ0) is 11.8. The van der Waals surface area contributed by atoms with Crippen LogP contribution < -0.4 is 0 Å². The second-order valence-electron chi connectivity index (χ2n) is 5.61. The van der Waals surface area contributed by atoms with Crippen LogP contribution in [-0.2, 0) is 11.3 Å². The van der Waals surface area contributed by atoms with Crippen molar-refractivity contribution >= 4 is 0 Å². The maximum Gasteiger partial charge on any atom is 0.0954 e. The topological polar surface area (TPSA) is 27.1 Å². The first-order valence-corrected chi connectivity index (χ1v) is 6.13. The maximum atomic E-state index is 5.79. The number of nitrogens with zero attached hydrogens (tertiary/aromatic N) is 2. The second kappa shape index (κ2) is 4.21. The first-order valence-electron chi connectivity index (χ1n) is 6.13. The summed E-state index contributed by atoms with van der Waals surface area (Å²) < 4.78 is 8.10. The fraction of sp³-hybridized carbons (Fsp3) is 0.769. The Morgan fingerprint density at radius 1 is 1.56 bits per heavy atom. The van der Waals surface area contributed by atoms with Crippen LogP contribution in [0, 0.1) is 12.3 Å². The summed E-state index contributed by atoms with van der Waals surface area (Å²) in [5, 5.41) is 0. The number of fused-ring (bicyclic) bond motifs is 1. The summed E-state index contributed by atoms with van der Waals surface area (Å²) in [6.07, 6.45) is 4.29. The molecule has 3 nitrogen and oxygen atoms in total. The molecule has 1 aliphatic heterocycles. The Hall–Kier alpha value is -0.830. The second-order valence-corrected chi connectivity index (χ2v) is 5.61. The van der Waals surface area contributed by atoms with Crippen molar-refractivity contribution in [2.45, 2.75) is 53.2 Å². The molecule has 1 aromatic heterocycles. The predicted molar refractivity (Wildman–Crippen MR) is 64.3 cm³/mol. The van der Waals surface area contributed by atoms with Crippen molar-refractivity contribution in [2.24, 2.45) is 5.41 Å². The van der Waals surface area contributed by atoms with E-state index >= 15 is 0 Å². The molecular formula is C13H22N2O. The van der Waals surface area contributed by atoms with Crippen molar-refractivity contribution in [3.63, 3.8) is 0 Å². The number of rotatable bonds is 1. The van der Waals surface area contributed by atoms with E-state index in [1.807, 2.05) is 6.33 Å². The molecule has 16 heavy (non-hydrogen) atoms. The Bertz CT molecular complexity index is 368. The standard InChI is InChI=1S/C13H22N2O/c1-5-11-6-13(3,4)8-16-7-12-10(2)14-9-15(11)12/h9,11H,5-8H2,1-4H3. The highest BCUT2D eigenvalue weighted by Crippen LogP contribution is 2.34. The van der Waals surface area contributed by atoms with Gasteiger partial charge >= 0.3 is 0 Å². The minimum Gasteiger partial charge on any atom is -0.375 e. The molecule has 1 unspecified atom stereocenters. The average molecular weight is 222 g/mol. The third-order valence-electron chi connectivity index (χ3n) is 3.49. The largest absolute Gasteiger partial charge is 0.375 e. The van der Waals surface area contributed by atoms with Crippen molar-refractivity contribution in [3.8, 4) is 0 Å². The van der Waals surface area contributed by atoms with Gasteiger partial charge in [-0.05, 0) is 25.2 Å². The van der Waals surface area contributed by atoms with Gasteiger partial charge in [0.1, 0.15) is 0 Å². The van der Waals surface area contributed by atoms with E-state index in [2.05, 4.69) is 37.2 Å². The fourth-order valence-electron chi connectivity index (χ4n) is 2.53. The van der Waals surface area contributed by atoms with Crippen LogP contribution in [0.4, 0.5) is 0 Å². The number of imidazole rings is 1. The molecule has 0 aromatic carbocycles. The predicted octanol–water partition coefficient (Wildman–Crippen LogP) is 3.09. The molecule has 1 aliphatic rings. The van der Waals surface area contributed by atoms with Crippen LogP contribution >= 0.6 is 0 Å². The van der Waals surface area contributed by atoms with Gasteiger partial charge in [0, 0.05) is 6.04 Å². The monoisotopic (exact) mass is 222 g/mol. The smallest absolute Gasteiger partial charge is 0.0954 e. The van der Waals surface area contributed by atoms with Gasteiger partial charge < -0.3 is 9.30 Å². The van der Waals surface area contributed by atoms with Crippen molar-refractivity contribution in [1.29, 1.82) is 0 Å². The third kappa shape index (κ3) is 2.14. The zero-order valence-corrected chi connectivity index (χ0v) is 10.8. The summed E-state index contributed by atoms with van der Waals surface area (Å²) in [5.74, 6) is 0. The lowest BCUT2D eigenvalue weighted by molar-refractivity contribution is 0.0233. The van der Waals surface area contributed by atoms with E-state index in [0.29, 0.717) is 12.6 Å². The van der Waals surface area contributed by atoms with Crippen molar-refractivity contribution in [2.75, 3.05) is 6.61 Å². The molecule has 0 saturated carbocycles. The maximum absolute atomic E-state index is 5.79. The summed E-state index contributed by atoms with van der Waals surface area (Å²) in [6.45, 7) is 10.4. The van der Waals surface area contributed by atoms with E-state index in [4.69, 9.17) is 4.74 Å². The van der Waals surface area contributed by atoms with Crippen LogP contribution in [0.25, 0.3) is 0 Å². The quantitative estimate of drug-likeness (QED) is 0.730. The highest BCUT2D eigenvalue weighted by Gasteiger charge is 2.28. The molecule has 0 radical (unpaired) electrons. The highest BCUT2D eigenvalue weighted by molar-refractivity contribution is 5.12. The Morgan fingerprint density at radius 2 is 2.31 bits per heavy atom. The molecule has 2 rings (SSSR count). The molecule has 0 fully saturated rings. The summed E-state index contributed by atoms with van der Waals surface area (Å²) >= 11 is 0. The minimum atomic E-state index is 0.260. The molecule has 3 heteroatoms. The van der Waals surface area contributed by atoms with Gasteiger partial charge in [0.15, 0.2) is 0 Å². The SMILES string of the molecule is CCC1CC(C)(C)COCc2c(C)ncn21. The number of aromatic nitrogens is 2. The van der Waals surface area contributed by atoms with E-state index < -0.39 is 0 Å². The summed E-state index contributed by atoms with van der Waals surface area (Å²) in [4.78, 5) is 4.41. The van der Waals surface area contributed by atoms with Gasteiger partial charge in [0.2, 0.25) is 0 Å². The Balaban J connectivity index is 2.35. The third-order valence-corrected chi connectivity index (χ3v) is 3.49. The van der Waals surface area contributed by atoms with Crippen LogP contribution in [0.3, 0.4) is 0 Å². The van der Waals surface area contributed by atoms with Gasteiger partial charge in [-0.25, -0.2) is 4.98 Å². The van der Waals surface area contributed by atoms with Crippen LogP contribution in [-0.4, -0.2) is 16.2 Å². The average Bonchev–Trinajstić information content (AvgIpc) is 2.55. The van der Waals surface area contributed by atoms with Gasteiger partial charge in [0.05, 0.1) is 30.9 Å². The highest BCUT2D eigenvalue weighted by atomic mass is 16.5. The van der Waals surface area contributed by atoms with Gasteiger partial charge in [-0.1, -0.05) is 20.8 Å². The van der Waals surface area contributed by atoms with Gasteiger partial charge in [-0.2, -0.15) is 0 Å². The first kappa shape index (κ1) is 11.6. The van der Waals surface area contributed by atoms with Crippen molar-refractivity contribution in [1.82, 2.24) is 9.55 Å². The molecule has 0 amide bonds. The number of ether oxygens (including phenoxy) is 1. The molecule has 0 saturated heterocycles. The lowest BCUT2D eigenvalue weighted by Crippen LogP contribution is -2.28. The van der Waals surface area contributed by atoms with E-state index in [0.717, 1.165) is 25.1 Å². The van der Waals surface area contributed by atoms with E-state index in [1.165, 1.54) is 5.69 Å². The summed E-state index contributed by atoms with van der Waals surface area (Å²) in [7, 11) is 0. The first-order chi connectivity index (χ1) is 7.53. The molecule has 90 valence electrons. The molecule has 0 aliphatic carbocycles. The minimum absolute atomic E-state index is 0.260. The Labute approximate surface area is 97.8 Å². The number of hydrogen-bond acceptors (Lipinski definition) is 2. The molecule has 0 N–H and O–H groups in total. The van der Waals surface area contributed by atoms with Crippen LogP contribution in [0.15, 0.2) is 6.33 Å². The fourth-order valence-corrected chi connectivity index (χ4v) is 2.53. The summed E-state index contributed by atoms with van der Waals surface area (Å²) in [5.41, 5.74) is 2.62. The lowest BCUT2D eigenvalue weighted by atomic mass is 9.85. The molecular weight excluding hydrogens is 200 g/mol. The van der Waals surface area contributed by atoms with Crippen molar-refractivity contribution in [3.05, 3.63) is 17.7 Å². The molecule has 0 bridgehead atoms. The van der Waals surface area contributed by atoms with Crippen LogP contribution in [0.2, 0.25) is 0 Å². The van der Waals surface area contributed by atoms with Crippen molar-refractivity contribution < 1.29 is 4.74 Å². The zero-order valence-electron chi connectivity index (χ0n) is 10.8. The lowest BCUT2D eigenvalue weighted by Gasteiger charge is -2.33. The number of aryl methyl sites for hydroxylation is 1. The van der Waals surface area contributed by atoms with Crippen LogP contribution in [0.5, 0.6) is 0 Å². The molecule has 2 heterocycles. The summed E-state index contributed by atoms with van der Waals surface area (Å²) in [6, 6.07) is 0.565. The van der Waals surface area contributed by atoms with E-state index in [-0.39, 0.29) is 5.41 Å².